The van der Waals surface area contributed by atoms with Gasteiger partial charge >= 0.3 is 6.03 Å². The average molecular weight is 300 g/mol. The maximum Gasteiger partial charge on any atom is 0.347 e. The molecule has 106 valence electrons. The predicted molar refractivity (Wildman–Crippen MR) is 85.1 cm³/mol. The molecule has 0 aliphatic heterocycles. The zero-order chi connectivity index (χ0) is 15.0. The van der Waals surface area contributed by atoms with E-state index in [4.69, 9.17) is 11.6 Å². The summed E-state index contributed by atoms with van der Waals surface area (Å²) in [6, 6.07) is 10.9. The van der Waals surface area contributed by atoms with Gasteiger partial charge in [-0.1, -0.05) is 29.3 Å². The average Bonchev–Trinajstić information content (AvgIpc) is 2.85. The first-order chi connectivity index (χ1) is 10.0. The molecule has 2 aromatic carbocycles. The van der Waals surface area contributed by atoms with Crippen LogP contribution in [0.2, 0.25) is 5.02 Å². The number of nitrogens with one attached hydrogen (secondary N) is 1. The lowest BCUT2D eigenvalue weighted by atomic mass is 10.2. The van der Waals surface area contributed by atoms with Crippen molar-refractivity contribution in [3.05, 3.63) is 58.7 Å². The number of carbonyl (C=O) groups is 1. The van der Waals surface area contributed by atoms with Crippen molar-refractivity contribution in [2.75, 3.05) is 5.32 Å². The van der Waals surface area contributed by atoms with Crippen molar-refractivity contribution in [2.45, 2.75) is 13.8 Å². The largest absolute Gasteiger partial charge is 0.347 e. The normalized spacial score (nSPS) is 10.8. The van der Waals surface area contributed by atoms with Gasteiger partial charge in [0, 0.05) is 16.1 Å². The van der Waals surface area contributed by atoms with E-state index in [0.29, 0.717) is 10.7 Å². The molecule has 0 unspecified atom stereocenters. The Hall–Kier alpha value is -2.33. The highest BCUT2D eigenvalue weighted by molar-refractivity contribution is 6.31. The predicted octanol–water partition coefficient (Wildman–Crippen LogP) is 4.39. The summed E-state index contributed by atoms with van der Waals surface area (Å²) in [5.41, 5.74) is 3.54. The number of hydrogen-bond acceptors (Lipinski definition) is 2. The summed E-state index contributed by atoms with van der Waals surface area (Å²) in [4.78, 5) is 12.4. The molecule has 0 saturated carbocycles. The number of halogens is 1. The van der Waals surface area contributed by atoms with Crippen molar-refractivity contribution >= 4 is 34.2 Å². The van der Waals surface area contributed by atoms with Gasteiger partial charge in [-0.3, -0.25) is 0 Å². The van der Waals surface area contributed by atoms with Crippen LogP contribution in [-0.4, -0.2) is 15.8 Å². The summed E-state index contributed by atoms with van der Waals surface area (Å²) in [5.74, 6) is 0. The van der Waals surface area contributed by atoms with Gasteiger partial charge in [0.1, 0.15) is 0 Å². The number of carbonyl (C=O) groups excluding carboxylic acids is 1. The molecular weight excluding hydrogens is 286 g/mol. The molecule has 21 heavy (non-hydrogen) atoms. The second-order valence-electron chi connectivity index (χ2n) is 5.01. The summed E-state index contributed by atoms with van der Waals surface area (Å²) in [6.07, 6.45) is 1.69. The van der Waals surface area contributed by atoms with Gasteiger partial charge < -0.3 is 5.32 Å². The van der Waals surface area contributed by atoms with Crippen molar-refractivity contribution in [2.24, 2.45) is 0 Å². The number of benzene rings is 2. The molecule has 3 aromatic rings. The van der Waals surface area contributed by atoms with Crippen LogP contribution in [0.25, 0.3) is 10.9 Å². The Kier molecular flexibility index (Phi) is 3.39. The zero-order valence-electron chi connectivity index (χ0n) is 11.7. The molecule has 0 aliphatic rings. The SMILES string of the molecule is Cc1ccc2c(cnn2C(=O)Nc2cc(Cl)ccc2C)c1. The molecule has 1 heterocycles. The molecule has 1 N–H and O–H groups in total. The van der Waals surface area contributed by atoms with Crippen LogP contribution in [0, 0.1) is 13.8 Å². The fourth-order valence-corrected chi connectivity index (χ4v) is 2.38. The molecule has 0 radical (unpaired) electrons. The first-order valence-electron chi connectivity index (χ1n) is 6.56. The van der Waals surface area contributed by atoms with E-state index in [0.717, 1.165) is 22.0 Å². The van der Waals surface area contributed by atoms with Gasteiger partial charge in [-0.05, 0) is 43.7 Å². The maximum absolute atomic E-state index is 12.4. The van der Waals surface area contributed by atoms with E-state index in [2.05, 4.69) is 10.4 Å². The quantitative estimate of drug-likeness (QED) is 0.724. The van der Waals surface area contributed by atoms with E-state index in [1.165, 1.54) is 4.68 Å². The maximum atomic E-state index is 12.4. The molecule has 3 rings (SSSR count). The Morgan fingerprint density at radius 1 is 1.19 bits per heavy atom. The van der Waals surface area contributed by atoms with Crippen LogP contribution in [0.15, 0.2) is 42.6 Å². The lowest BCUT2D eigenvalue weighted by Crippen LogP contribution is -2.20. The molecular formula is C16H14ClN3O. The van der Waals surface area contributed by atoms with E-state index in [-0.39, 0.29) is 6.03 Å². The Morgan fingerprint density at radius 3 is 2.81 bits per heavy atom. The molecule has 0 bridgehead atoms. The summed E-state index contributed by atoms with van der Waals surface area (Å²) < 4.78 is 1.36. The topological polar surface area (TPSA) is 46.9 Å². The van der Waals surface area contributed by atoms with Crippen LogP contribution in [0.3, 0.4) is 0 Å². The molecule has 0 aliphatic carbocycles. The van der Waals surface area contributed by atoms with Crippen molar-refractivity contribution in [1.82, 2.24) is 9.78 Å². The number of aromatic nitrogens is 2. The number of hydrogen-bond donors (Lipinski definition) is 1. The van der Waals surface area contributed by atoms with Crippen LogP contribution in [0.4, 0.5) is 10.5 Å². The van der Waals surface area contributed by atoms with E-state index in [1.807, 2.05) is 38.1 Å². The van der Waals surface area contributed by atoms with E-state index in [9.17, 15) is 4.79 Å². The standard InChI is InChI=1S/C16H14ClN3O/c1-10-3-6-15-12(7-10)9-18-20(15)16(21)19-14-8-13(17)5-4-11(14)2/h3-9H,1-2H3,(H,19,21). The van der Waals surface area contributed by atoms with Gasteiger partial charge in [0.05, 0.1) is 11.7 Å². The Balaban J connectivity index is 1.95. The molecule has 0 atom stereocenters. The molecule has 0 saturated heterocycles. The van der Waals surface area contributed by atoms with Gasteiger partial charge in [-0.15, -0.1) is 0 Å². The zero-order valence-corrected chi connectivity index (χ0v) is 12.5. The lowest BCUT2D eigenvalue weighted by Gasteiger charge is -2.09. The number of anilines is 1. The molecule has 4 nitrogen and oxygen atoms in total. The van der Waals surface area contributed by atoms with Gasteiger partial charge in [0.15, 0.2) is 0 Å². The third kappa shape index (κ3) is 2.62. The minimum atomic E-state index is -0.306. The Labute approximate surface area is 127 Å². The first kappa shape index (κ1) is 13.6. The Morgan fingerprint density at radius 2 is 2.00 bits per heavy atom. The molecule has 0 spiro atoms. The Bertz CT molecular complexity index is 839. The minimum Gasteiger partial charge on any atom is -0.306 e. The number of rotatable bonds is 1. The smallest absolute Gasteiger partial charge is 0.306 e. The lowest BCUT2D eigenvalue weighted by molar-refractivity contribution is 0.252. The van der Waals surface area contributed by atoms with Gasteiger partial charge in [-0.25, -0.2) is 4.79 Å². The summed E-state index contributed by atoms with van der Waals surface area (Å²) in [6.45, 7) is 3.92. The fourth-order valence-electron chi connectivity index (χ4n) is 2.21. The fraction of sp³-hybridized carbons (Fsp3) is 0.125. The van der Waals surface area contributed by atoms with Crippen LogP contribution in [0.5, 0.6) is 0 Å². The summed E-state index contributed by atoms with van der Waals surface area (Å²) in [7, 11) is 0. The van der Waals surface area contributed by atoms with Crippen LogP contribution in [0.1, 0.15) is 11.1 Å². The second-order valence-corrected chi connectivity index (χ2v) is 5.44. The molecule has 0 fully saturated rings. The highest BCUT2D eigenvalue weighted by atomic mass is 35.5. The molecule has 1 aromatic heterocycles. The third-order valence-corrected chi connectivity index (χ3v) is 3.59. The van der Waals surface area contributed by atoms with E-state index >= 15 is 0 Å². The second kappa shape index (κ2) is 5.22. The molecule has 5 heteroatoms. The molecule has 1 amide bonds. The minimum absolute atomic E-state index is 0.306. The van der Waals surface area contributed by atoms with Crippen molar-refractivity contribution in [3.8, 4) is 0 Å². The number of fused-ring (bicyclic) bond motifs is 1. The van der Waals surface area contributed by atoms with Gasteiger partial charge in [-0.2, -0.15) is 9.78 Å². The van der Waals surface area contributed by atoms with Gasteiger partial charge in [0.2, 0.25) is 0 Å². The van der Waals surface area contributed by atoms with Crippen molar-refractivity contribution < 1.29 is 4.79 Å². The van der Waals surface area contributed by atoms with Crippen LogP contribution in [-0.2, 0) is 0 Å². The van der Waals surface area contributed by atoms with Crippen molar-refractivity contribution in [1.29, 1.82) is 0 Å². The highest BCUT2D eigenvalue weighted by Crippen LogP contribution is 2.21. The number of nitrogens with zero attached hydrogens (tertiary/aromatic N) is 2. The van der Waals surface area contributed by atoms with E-state index < -0.39 is 0 Å². The monoisotopic (exact) mass is 299 g/mol. The third-order valence-electron chi connectivity index (χ3n) is 3.36. The number of aryl methyl sites for hydroxylation is 2. The van der Waals surface area contributed by atoms with Crippen LogP contribution >= 0.6 is 11.6 Å². The first-order valence-corrected chi connectivity index (χ1v) is 6.94. The van der Waals surface area contributed by atoms with Gasteiger partial charge in [0.25, 0.3) is 0 Å². The van der Waals surface area contributed by atoms with Crippen molar-refractivity contribution in [3.63, 3.8) is 0 Å². The van der Waals surface area contributed by atoms with E-state index in [1.54, 1.807) is 18.3 Å². The summed E-state index contributed by atoms with van der Waals surface area (Å²) >= 11 is 5.96. The summed E-state index contributed by atoms with van der Waals surface area (Å²) in [5, 5.41) is 8.51. The highest BCUT2D eigenvalue weighted by Gasteiger charge is 2.12. The van der Waals surface area contributed by atoms with Crippen LogP contribution < -0.4 is 5.32 Å². The number of amides is 1.